The Labute approximate surface area is 189 Å². The summed E-state index contributed by atoms with van der Waals surface area (Å²) in [6, 6.07) is 13.9. The van der Waals surface area contributed by atoms with Crippen molar-refractivity contribution < 1.29 is 36.8 Å². The molecule has 0 saturated carbocycles. The molecule has 2 aromatic carbocycles. The minimum absolute atomic E-state index is 0.0114. The monoisotopic (exact) mass is 481 g/mol. The molecule has 32 heavy (non-hydrogen) atoms. The van der Waals surface area contributed by atoms with Crippen LogP contribution in [0, 0.1) is 0 Å². The normalized spacial score (nSPS) is 22.1. The van der Waals surface area contributed by atoms with Gasteiger partial charge >= 0.3 is 5.97 Å². The summed E-state index contributed by atoms with van der Waals surface area (Å²) in [6.07, 6.45) is -4.95. The Morgan fingerprint density at radius 1 is 1.19 bits per heavy atom. The molecule has 2 saturated heterocycles. The number of halogens is 1. The molecule has 0 bridgehead atoms. The number of amides is 1. The predicted molar refractivity (Wildman–Crippen MR) is 111 cm³/mol. The zero-order chi connectivity index (χ0) is 22.9. The fraction of sp³-hybridized carbons (Fsp3) is 0.333. The number of fused-ring (bicyclic) bond motifs is 1. The van der Waals surface area contributed by atoms with Gasteiger partial charge in [-0.05, 0) is 29.8 Å². The van der Waals surface area contributed by atoms with Crippen LogP contribution in [-0.2, 0) is 40.0 Å². The molecule has 0 aliphatic carbocycles. The second-order valence-corrected chi connectivity index (χ2v) is 9.40. The number of ether oxygens (including phenoxy) is 2. The highest BCUT2D eigenvalue weighted by Gasteiger charge is 2.50. The minimum Gasteiger partial charge on any atom is -0.459 e. The minimum atomic E-state index is -4.46. The molecule has 2 aliphatic heterocycles. The number of hydrogen-bond donors (Lipinski definition) is 1. The number of rotatable bonds is 8. The van der Waals surface area contributed by atoms with E-state index in [0.29, 0.717) is 10.6 Å². The van der Waals surface area contributed by atoms with Gasteiger partial charge in [-0.15, -0.1) is 0 Å². The first-order chi connectivity index (χ1) is 15.2. The van der Waals surface area contributed by atoms with Crippen molar-refractivity contribution in [3.8, 4) is 0 Å². The summed E-state index contributed by atoms with van der Waals surface area (Å²) in [5.74, 6) is -1.23. The fourth-order valence-corrected chi connectivity index (χ4v) is 4.60. The molecular formula is C21H20ClNO8S. The van der Waals surface area contributed by atoms with E-state index in [9.17, 15) is 23.1 Å². The van der Waals surface area contributed by atoms with Crippen LogP contribution < -0.4 is 0 Å². The van der Waals surface area contributed by atoms with E-state index in [0.717, 1.165) is 0 Å². The van der Waals surface area contributed by atoms with E-state index in [1.165, 1.54) is 29.2 Å². The average molecular weight is 482 g/mol. The molecule has 2 fully saturated rings. The van der Waals surface area contributed by atoms with Crippen LogP contribution in [0.4, 0.5) is 0 Å². The van der Waals surface area contributed by atoms with Crippen LogP contribution in [0.3, 0.4) is 0 Å². The quantitative estimate of drug-likeness (QED) is 0.342. The molecule has 4 rings (SSSR count). The lowest BCUT2D eigenvalue weighted by Gasteiger charge is -2.31. The van der Waals surface area contributed by atoms with Gasteiger partial charge in [-0.3, -0.25) is 4.79 Å². The van der Waals surface area contributed by atoms with Gasteiger partial charge in [-0.1, -0.05) is 41.9 Å². The van der Waals surface area contributed by atoms with Crippen LogP contribution in [0.15, 0.2) is 59.5 Å². The van der Waals surface area contributed by atoms with Gasteiger partial charge in [0.05, 0.1) is 17.9 Å². The third-order valence-corrected chi connectivity index (χ3v) is 6.77. The standard InChI is InChI=1S/C21H20ClNO8S/c22-14-6-8-15(9-7-14)32(27,28)31-20(21(26)29-12-13-4-2-1-3-5-13)19(25)16-11-23-17(24)10-18(23)30-16/h1-9,16,18-20,25H,10-12H2/t16-,18+,19+,20-/m1/s1. The van der Waals surface area contributed by atoms with Gasteiger partial charge in [-0.2, -0.15) is 8.42 Å². The van der Waals surface area contributed by atoms with E-state index in [4.69, 9.17) is 25.3 Å². The molecule has 4 atom stereocenters. The maximum absolute atomic E-state index is 12.8. The SMILES string of the molecule is O=C(OCc1ccccc1)[C@H](OS(=O)(=O)c1ccc(Cl)cc1)[C@@H](O)[C@H]1CN2C(=O)C[C@@H]2O1. The Morgan fingerprint density at radius 3 is 2.50 bits per heavy atom. The van der Waals surface area contributed by atoms with Crippen LogP contribution in [0.25, 0.3) is 0 Å². The molecule has 11 heteroatoms. The Balaban J connectivity index is 1.53. The summed E-state index contributed by atoms with van der Waals surface area (Å²) in [5, 5.41) is 11.1. The van der Waals surface area contributed by atoms with E-state index >= 15 is 0 Å². The average Bonchev–Trinajstić information content (AvgIpc) is 3.13. The van der Waals surface area contributed by atoms with E-state index in [-0.39, 0.29) is 30.4 Å². The zero-order valence-corrected chi connectivity index (χ0v) is 18.2. The van der Waals surface area contributed by atoms with E-state index in [1.807, 2.05) is 0 Å². The molecule has 9 nitrogen and oxygen atoms in total. The van der Waals surface area contributed by atoms with Crippen molar-refractivity contribution in [2.45, 2.75) is 42.5 Å². The van der Waals surface area contributed by atoms with Gasteiger partial charge in [0.2, 0.25) is 12.0 Å². The number of aliphatic hydroxyl groups is 1. The van der Waals surface area contributed by atoms with Crippen LogP contribution in [0.1, 0.15) is 12.0 Å². The van der Waals surface area contributed by atoms with Crippen LogP contribution in [0.2, 0.25) is 5.02 Å². The largest absolute Gasteiger partial charge is 0.459 e. The van der Waals surface area contributed by atoms with Gasteiger partial charge < -0.3 is 19.5 Å². The van der Waals surface area contributed by atoms with Gasteiger partial charge in [-0.25, -0.2) is 8.98 Å². The molecule has 2 aliphatic rings. The third kappa shape index (κ3) is 4.79. The Kier molecular flexibility index (Phi) is 6.50. The predicted octanol–water partition coefficient (Wildman–Crippen LogP) is 1.48. The molecule has 1 amide bonds. The summed E-state index contributed by atoms with van der Waals surface area (Å²) in [6.45, 7) is -0.135. The maximum Gasteiger partial charge on any atom is 0.340 e. The summed E-state index contributed by atoms with van der Waals surface area (Å²) in [4.78, 5) is 25.6. The molecule has 2 aromatic rings. The van der Waals surface area contributed by atoms with E-state index < -0.39 is 40.6 Å². The summed E-state index contributed by atoms with van der Waals surface area (Å²) in [5.41, 5.74) is 0.668. The number of nitrogens with zero attached hydrogens (tertiary/aromatic N) is 1. The second kappa shape index (κ2) is 9.16. The van der Waals surface area contributed by atoms with Gasteiger partial charge in [0, 0.05) is 5.02 Å². The highest BCUT2D eigenvalue weighted by molar-refractivity contribution is 7.86. The summed E-state index contributed by atoms with van der Waals surface area (Å²) >= 11 is 5.80. The van der Waals surface area contributed by atoms with Crippen LogP contribution >= 0.6 is 11.6 Å². The topological polar surface area (TPSA) is 119 Å². The van der Waals surface area contributed by atoms with Crippen molar-refractivity contribution in [1.82, 2.24) is 4.90 Å². The number of esters is 1. The van der Waals surface area contributed by atoms with Gasteiger partial charge in [0.1, 0.15) is 25.0 Å². The number of carbonyl (C=O) groups excluding carboxylic acids is 2. The molecule has 0 spiro atoms. The number of carbonyl (C=O) groups is 2. The Morgan fingerprint density at radius 2 is 1.88 bits per heavy atom. The van der Waals surface area contributed by atoms with Crippen molar-refractivity contribution in [2.24, 2.45) is 0 Å². The molecule has 0 aromatic heterocycles. The highest BCUT2D eigenvalue weighted by atomic mass is 35.5. The van der Waals surface area contributed by atoms with Gasteiger partial charge in [0.15, 0.2) is 0 Å². The second-order valence-electron chi connectivity index (χ2n) is 7.39. The van der Waals surface area contributed by atoms with Crippen LogP contribution in [0.5, 0.6) is 0 Å². The van der Waals surface area contributed by atoms with Crippen molar-refractivity contribution in [1.29, 1.82) is 0 Å². The molecule has 1 N–H and O–H groups in total. The lowest BCUT2D eigenvalue weighted by molar-refractivity contribution is -0.169. The smallest absolute Gasteiger partial charge is 0.340 e. The fourth-order valence-electron chi connectivity index (χ4n) is 3.43. The highest BCUT2D eigenvalue weighted by Crippen LogP contribution is 2.32. The molecular weight excluding hydrogens is 462 g/mol. The third-order valence-electron chi connectivity index (χ3n) is 5.21. The number of benzene rings is 2. The molecule has 170 valence electrons. The number of β-lactam (4-membered cyclic amide) rings is 1. The maximum atomic E-state index is 12.8. The van der Waals surface area contributed by atoms with Crippen molar-refractivity contribution in [2.75, 3.05) is 6.54 Å². The van der Waals surface area contributed by atoms with Crippen molar-refractivity contribution >= 4 is 33.6 Å². The van der Waals surface area contributed by atoms with E-state index in [1.54, 1.807) is 30.3 Å². The summed E-state index contributed by atoms with van der Waals surface area (Å²) in [7, 11) is -4.46. The van der Waals surface area contributed by atoms with Crippen LogP contribution in [-0.4, -0.2) is 61.4 Å². The molecule has 0 unspecified atom stereocenters. The first kappa shape index (κ1) is 22.7. The van der Waals surface area contributed by atoms with E-state index in [2.05, 4.69) is 0 Å². The Bertz CT molecular complexity index is 1090. The lowest BCUT2D eigenvalue weighted by Crippen LogP contribution is -2.49. The molecule has 0 radical (unpaired) electrons. The number of hydrogen-bond acceptors (Lipinski definition) is 8. The lowest BCUT2D eigenvalue weighted by atomic mass is 10.1. The number of aliphatic hydroxyl groups excluding tert-OH is 1. The van der Waals surface area contributed by atoms with Crippen molar-refractivity contribution in [3.05, 3.63) is 65.2 Å². The summed E-state index contributed by atoms with van der Waals surface area (Å²) < 4.78 is 41.4. The Hall–Kier alpha value is -2.50. The first-order valence-electron chi connectivity index (χ1n) is 9.77. The zero-order valence-electron chi connectivity index (χ0n) is 16.7. The molecule has 2 heterocycles. The van der Waals surface area contributed by atoms with Gasteiger partial charge in [0.25, 0.3) is 10.1 Å². The first-order valence-corrected chi connectivity index (χ1v) is 11.6. The van der Waals surface area contributed by atoms with Crippen molar-refractivity contribution in [3.63, 3.8) is 0 Å².